The molecule has 2 aromatic heterocycles. The monoisotopic (exact) mass is 298 g/mol. The van der Waals surface area contributed by atoms with Crippen LogP contribution in [0.1, 0.15) is 21.7 Å². The van der Waals surface area contributed by atoms with E-state index in [-0.39, 0.29) is 11.7 Å². The first-order valence-electron chi connectivity index (χ1n) is 6.84. The first kappa shape index (κ1) is 14.2. The van der Waals surface area contributed by atoms with Gasteiger partial charge in [-0.05, 0) is 30.7 Å². The SMILES string of the molecule is Cc1c(C(=O)N(C)Cc2cnccn2)[nH]c2ccc(F)cc12. The van der Waals surface area contributed by atoms with Gasteiger partial charge in [-0.3, -0.25) is 14.8 Å². The van der Waals surface area contributed by atoms with Crippen LogP contribution in [0.15, 0.2) is 36.8 Å². The van der Waals surface area contributed by atoms with E-state index in [1.54, 1.807) is 36.6 Å². The fourth-order valence-electron chi connectivity index (χ4n) is 2.43. The molecule has 0 aliphatic heterocycles. The molecule has 1 aromatic carbocycles. The summed E-state index contributed by atoms with van der Waals surface area (Å²) in [5.41, 5.74) is 2.66. The standard InChI is InChI=1S/C16H15FN4O/c1-10-13-7-11(17)3-4-14(13)20-15(10)16(22)21(2)9-12-8-18-5-6-19-12/h3-8,20H,9H2,1-2H3. The summed E-state index contributed by atoms with van der Waals surface area (Å²) in [5, 5.41) is 0.719. The van der Waals surface area contributed by atoms with Crippen LogP contribution in [0.3, 0.4) is 0 Å². The maximum atomic E-state index is 13.3. The molecule has 1 amide bonds. The predicted molar refractivity (Wildman–Crippen MR) is 80.8 cm³/mol. The number of aryl methyl sites for hydroxylation is 1. The Balaban J connectivity index is 1.90. The Morgan fingerprint density at radius 3 is 2.91 bits per heavy atom. The van der Waals surface area contributed by atoms with Gasteiger partial charge in [-0.1, -0.05) is 0 Å². The third kappa shape index (κ3) is 2.55. The summed E-state index contributed by atoms with van der Waals surface area (Å²) in [6.07, 6.45) is 4.80. The number of halogens is 1. The molecule has 0 aliphatic carbocycles. The second kappa shape index (κ2) is 5.55. The number of nitrogens with one attached hydrogen (secondary N) is 1. The zero-order chi connectivity index (χ0) is 15.7. The van der Waals surface area contributed by atoms with E-state index in [2.05, 4.69) is 15.0 Å². The summed E-state index contributed by atoms with van der Waals surface area (Å²) in [7, 11) is 1.70. The van der Waals surface area contributed by atoms with Gasteiger partial charge in [0, 0.05) is 30.3 Å². The van der Waals surface area contributed by atoms with Crippen LogP contribution in [0, 0.1) is 12.7 Å². The Hall–Kier alpha value is -2.76. The number of aromatic amines is 1. The lowest BCUT2D eigenvalue weighted by atomic mass is 10.1. The molecule has 22 heavy (non-hydrogen) atoms. The molecule has 3 rings (SSSR count). The van der Waals surface area contributed by atoms with Gasteiger partial charge < -0.3 is 9.88 Å². The number of H-pyrrole nitrogens is 1. The number of rotatable bonds is 3. The van der Waals surface area contributed by atoms with Crippen molar-refractivity contribution in [3.05, 3.63) is 59.6 Å². The van der Waals surface area contributed by atoms with E-state index < -0.39 is 0 Å². The molecule has 3 aromatic rings. The molecule has 0 unspecified atom stereocenters. The fourth-order valence-corrected chi connectivity index (χ4v) is 2.43. The van der Waals surface area contributed by atoms with Crippen LogP contribution in [-0.2, 0) is 6.54 Å². The second-order valence-corrected chi connectivity index (χ2v) is 5.17. The average Bonchev–Trinajstić information content (AvgIpc) is 2.84. The topological polar surface area (TPSA) is 61.9 Å². The van der Waals surface area contributed by atoms with Crippen molar-refractivity contribution in [2.45, 2.75) is 13.5 Å². The quantitative estimate of drug-likeness (QED) is 0.808. The van der Waals surface area contributed by atoms with Gasteiger partial charge in [0.05, 0.1) is 18.4 Å². The van der Waals surface area contributed by atoms with Gasteiger partial charge in [0.25, 0.3) is 5.91 Å². The van der Waals surface area contributed by atoms with E-state index in [0.29, 0.717) is 17.9 Å². The molecule has 0 bridgehead atoms. The van der Waals surface area contributed by atoms with Crippen LogP contribution in [-0.4, -0.2) is 32.8 Å². The summed E-state index contributed by atoms with van der Waals surface area (Å²) in [5.74, 6) is -0.485. The number of carbonyl (C=O) groups is 1. The Labute approximate surface area is 126 Å². The lowest BCUT2D eigenvalue weighted by Gasteiger charge is -2.16. The molecule has 5 nitrogen and oxygen atoms in total. The molecular weight excluding hydrogens is 283 g/mol. The van der Waals surface area contributed by atoms with Gasteiger partial charge in [-0.25, -0.2) is 4.39 Å². The number of carbonyl (C=O) groups excluding carboxylic acids is 1. The number of benzene rings is 1. The van der Waals surface area contributed by atoms with Crippen LogP contribution >= 0.6 is 0 Å². The molecule has 6 heteroatoms. The summed E-state index contributed by atoms with van der Waals surface area (Å²) in [6, 6.07) is 4.44. The molecule has 0 saturated carbocycles. The van der Waals surface area contributed by atoms with Crippen molar-refractivity contribution in [1.29, 1.82) is 0 Å². The Morgan fingerprint density at radius 1 is 1.36 bits per heavy atom. The molecule has 0 fully saturated rings. The number of hydrogen-bond donors (Lipinski definition) is 1. The van der Waals surface area contributed by atoms with Gasteiger partial charge >= 0.3 is 0 Å². The molecule has 0 saturated heterocycles. The highest BCUT2D eigenvalue weighted by Crippen LogP contribution is 2.23. The number of nitrogens with zero attached hydrogens (tertiary/aromatic N) is 3. The lowest BCUT2D eigenvalue weighted by molar-refractivity contribution is 0.0777. The van der Waals surface area contributed by atoms with Gasteiger partial charge in [0.2, 0.25) is 0 Å². The van der Waals surface area contributed by atoms with Crippen molar-refractivity contribution in [3.63, 3.8) is 0 Å². The molecule has 0 spiro atoms. The van der Waals surface area contributed by atoms with E-state index in [9.17, 15) is 9.18 Å². The highest BCUT2D eigenvalue weighted by molar-refractivity contribution is 6.00. The second-order valence-electron chi connectivity index (χ2n) is 5.17. The van der Waals surface area contributed by atoms with Crippen molar-refractivity contribution in [1.82, 2.24) is 19.9 Å². The van der Waals surface area contributed by atoms with Gasteiger partial charge in [0.15, 0.2) is 0 Å². The van der Waals surface area contributed by atoms with Crippen molar-refractivity contribution >= 4 is 16.8 Å². The van der Waals surface area contributed by atoms with Crippen LogP contribution < -0.4 is 0 Å². The highest BCUT2D eigenvalue weighted by atomic mass is 19.1. The summed E-state index contributed by atoms with van der Waals surface area (Å²) < 4.78 is 13.3. The molecule has 1 N–H and O–H groups in total. The number of fused-ring (bicyclic) bond motifs is 1. The van der Waals surface area contributed by atoms with Crippen molar-refractivity contribution in [2.75, 3.05) is 7.05 Å². The Bertz CT molecular complexity index is 829. The molecule has 2 heterocycles. The molecule has 112 valence electrons. The van der Waals surface area contributed by atoms with Crippen LogP contribution in [0.5, 0.6) is 0 Å². The number of aromatic nitrogens is 3. The van der Waals surface area contributed by atoms with Gasteiger partial charge in [-0.2, -0.15) is 0 Å². The highest BCUT2D eigenvalue weighted by Gasteiger charge is 2.19. The van der Waals surface area contributed by atoms with E-state index in [4.69, 9.17) is 0 Å². The minimum atomic E-state index is -0.318. The summed E-state index contributed by atoms with van der Waals surface area (Å²) in [4.78, 5) is 25.3. The van der Waals surface area contributed by atoms with Gasteiger partial charge in [-0.15, -0.1) is 0 Å². The van der Waals surface area contributed by atoms with E-state index in [1.807, 2.05) is 6.92 Å². The first-order chi connectivity index (χ1) is 10.6. The summed E-state index contributed by atoms with van der Waals surface area (Å²) in [6.45, 7) is 2.16. The Morgan fingerprint density at radius 2 is 2.18 bits per heavy atom. The van der Waals surface area contributed by atoms with Crippen LogP contribution in [0.25, 0.3) is 10.9 Å². The zero-order valence-corrected chi connectivity index (χ0v) is 12.3. The van der Waals surface area contributed by atoms with Crippen molar-refractivity contribution < 1.29 is 9.18 Å². The zero-order valence-electron chi connectivity index (χ0n) is 12.3. The molecule has 0 aliphatic rings. The van der Waals surface area contributed by atoms with Crippen molar-refractivity contribution in [2.24, 2.45) is 0 Å². The van der Waals surface area contributed by atoms with Crippen LogP contribution in [0.2, 0.25) is 0 Å². The fraction of sp³-hybridized carbons (Fsp3) is 0.188. The Kier molecular flexibility index (Phi) is 3.58. The largest absolute Gasteiger partial charge is 0.350 e. The third-order valence-corrected chi connectivity index (χ3v) is 3.60. The maximum Gasteiger partial charge on any atom is 0.270 e. The molecule has 0 atom stereocenters. The predicted octanol–water partition coefficient (Wildman–Crippen LogP) is 2.68. The first-order valence-corrected chi connectivity index (χ1v) is 6.84. The molecular formula is C16H15FN4O. The summed E-state index contributed by atoms with van der Waals surface area (Å²) >= 11 is 0. The normalized spacial score (nSPS) is 10.9. The van der Waals surface area contributed by atoms with Gasteiger partial charge in [0.1, 0.15) is 11.5 Å². The minimum absolute atomic E-state index is 0.167. The van der Waals surface area contributed by atoms with Crippen molar-refractivity contribution in [3.8, 4) is 0 Å². The number of amides is 1. The van der Waals surface area contributed by atoms with Crippen LogP contribution in [0.4, 0.5) is 4.39 Å². The van der Waals surface area contributed by atoms with E-state index in [0.717, 1.165) is 16.5 Å². The lowest BCUT2D eigenvalue weighted by Crippen LogP contribution is -2.27. The van der Waals surface area contributed by atoms with E-state index >= 15 is 0 Å². The average molecular weight is 298 g/mol. The third-order valence-electron chi connectivity index (χ3n) is 3.60. The smallest absolute Gasteiger partial charge is 0.270 e. The van der Waals surface area contributed by atoms with E-state index in [1.165, 1.54) is 12.1 Å². The minimum Gasteiger partial charge on any atom is -0.350 e. The molecule has 0 radical (unpaired) electrons. The number of hydrogen-bond acceptors (Lipinski definition) is 3. The maximum absolute atomic E-state index is 13.3.